The van der Waals surface area contributed by atoms with E-state index >= 15 is 0 Å². The zero-order valence-electron chi connectivity index (χ0n) is 10.8. The largest absolute Gasteiger partial charge is 0.385 e. The molecule has 1 aromatic carbocycles. The molecule has 6 N–H and O–H groups in total. The summed E-state index contributed by atoms with van der Waals surface area (Å²) >= 11 is 2.20. The predicted molar refractivity (Wildman–Crippen MR) is 83.6 cm³/mol. The van der Waals surface area contributed by atoms with Gasteiger partial charge in [0.1, 0.15) is 9.21 Å². The third kappa shape index (κ3) is 2.21. The Hall–Kier alpha value is -0.210. The Bertz CT molecular complexity index is 476. The Morgan fingerprint density at radius 2 is 1.74 bits per heavy atom. The lowest BCUT2D eigenvalue weighted by Gasteiger charge is -2.30. The Morgan fingerprint density at radius 1 is 1.21 bits per heavy atom. The van der Waals surface area contributed by atoms with E-state index in [-0.39, 0.29) is 0 Å². The number of halogens is 1. The number of aliphatic hydroxyl groups is 1. The zero-order valence-corrected chi connectivity index (χ0v) is 13.0. The van der Waals surface area contributed by atoms with Crippen LogP contribution in [0.1, 0.15) is 36.8 Å². The smallest absolute Gasteiger partial charge is 0.126 e. The molecular weight excluding hydrogens is 353 g/mol. The summed E-state index contributed by atoms with van der Waals surface area (Å²) in [6.45, 7) is 0.734. The van der Waals surface area contributed by atoms with Crippen LogP contribution in [0.25, 0.3) is 0 Å². The van der Waals surface area contributed by atoms with Crippen molar-refractivity contribution in [3.8, 4) is 0 Å². The highest BCUT2D eigenvalue weighted by atomic mass is 127. The Balaban J connectivity index is 1.87. The van der Waals surface area contributed by atoms with E-state index in [2.05, 4.69) is 27.9 Å². The van der Waals surface area contributed by atoms with Gasteiger partial charge in [-0.3, -0.25) is 5.32 Å². The van der Waals surface area contributed by atoms with Gasteiger partial charge >= 0.3 is 0 Å². The maximum atomic E-state index is 10.6. The van der Waals surface area contributed by atoms with E-state index in [1.807, 2.05) is 24.3 Å². The second-order valence-corrected chi connectivity index (χ2v) is 7.55. The molecule has 104 valence electrons. The number of alkyl halides is 1. The van der Waals surface area contributed by atoms with Crippen molar-refractivity contribution in [2.45, 2.75) is 40.5 Å². The Kier molecular flexibility index (Phi) is 3.18. The number of benzene rings is 1. The van der Waals surface area contributed by atoms with Gasteiger partial charge in [-0.2, -0.15) is 0 Å². The van der Waals surface area contributed by atoms with Gasteiger partial charge in [-0.1, -0.05) is 59.7 Å². The summed E-state index contributed by atoms with van der Waals surface area (Å²) in [5.41, 5.74) is 13.3. The fraction of sp³-hybridized carbons (Fsp3) is 0.571. The van der Waals surface area contributed by atoms with E-state index < -0.39 is 14.8 Å². The average molecular weight is 373 g/mol. The third-order valence-corrected chi connectivity index (χ3v) is 6.07. The fourth-order valence-corrected chi connectivity index (χ4v) is 3.62. The van der Waals surface area contributed by atoms with Crippen LogP contribution in [0.3, 0.4) is 0 Å². The molecule has 4 nitrogen and oxygen atoms in total. The quantitative estimate of drug-likeness (QED) is 0.278. The number of hydrogen-bond donors (Lipinski definition) is 4. The van der Waals surface area contributed by atoms with Gasteiger partial charge in [0.15, 0.2) is 0 Å². The highest BCUT2D eigenvalue weighted by molar-refractivity contribution is 14.1. The highest BCUT2D eigenvalue weighted by Gasteiger charge is 2.54. The van der Waals surface area contributed by atoms with Gasteiger partial charge in [-0.05, 0) is 24.0 Å². The third-order valence-electron chi connectivity index (χ3n) is 4.48. The van der Waals surface area contributed by atoms with Crippen molar-refractivity contribution in [3.63, 3.8) is 0 Å². The molecule has 2 atom stereocenters. The normalized spacial score (nSPS) is 32.0. The Labute approximate surface area is 127 Å². The van der Waals surface area contributed by atoms with E-state index in [0.29, 0.717) is 0 Å². The van der Waals surface area contributed by atoms with Crippen LogP contribution in [0.5, 0.6) is 0 Å². The second-order valence-electron chi connectivity index (χ2n) is 5.85. The van der Waals surface area contributed by atoms with Gasteiger partial charge < -0.3 is 16.6 Å². The SMILES string of the molecule is NC1(C(N)(I)c2ccc(C3(O)CCCC3)cc2)CN1. The lowest BCUT2D eigenvalue weighted by Crippen LogP contribution is -2.53. The van der Waals surface area contributed by atoms with Gasteiger partial charge in [-0.15, -0.1) is 0 Å². The minimum Gasteiger partial charge on any atom is -0.385 e. The van der Waals surface area contributed by atoms with E-state index in [1.54, 1.807) is 0 Å². The molecule has 5 heteroatoms. The zero-order chi connectivity index (χ0) is 13.7. The minimum absolute atomic E-state index is 0.515. The van der Waals surface area contributed by atoms with Gasteiger partial charge in [-0.25, -0.2) is 0 Å². The second kappa shape index (κ2) is 4.39. The first-order valence-corrected chi connectivity index (χ1v) is 7.80. The van der Waals surface area contributed by atoms with Crippen LogP contribution in [0, 0.1) is 0 Å². The van der Waals surface area contributed by atoms with Crippen molar-refractivity contribution < 1.29 is 5.11 Å². The first kappa shape index (κ1) is 13.8. The van der Waals surface area contributed by atoms with Crippen molar-refractivity contribution in [3.05, 3.63) is 35.4 Å². The van der Waals surface area contributed by atoms with Crippen molar-refractivity contribution in [1.29, 1.82) is 0 Å². The topological polar surface area (TPSA) is 94.2 Å². The molecule has 0 spiro atoms. The lowest BCUT2D eigenvalue weighted by atomic mass is 9.90. The van der Waals surface area contributed by atoms with Crippen LogP contribution >= 0.6 is 22.6 Å². The molecule has 1 aromatic rings. The predicted octanol–water partition coefficient (Wildman–Crippen LogP) is 1.25. The van der Waals surface area contributed by atoms with Crippen LogP contribution in [0.2, 0.25) is 0 Å². The molecule has 1 aliphatic carbocycles. The summed E-state index contributed by atoms with van der Waals surface area (Å²) in [4.78, 5) is 0. The summed E-state index contributed by atoms with van der Waals surface area (Å²) in [6, 6.07) is 7.97. The van der Waals surface area contributed by atoms with Gasteiger partial charge in [0.2, 0.25) is 0 Å². The molecule has 1 heterocycles. The molecule has 19 heavy (non-hydrogen) atoms. The molecular formula is C14H20IN3O. The summed E-state index contributed by atoms with van der Waals surface area (Å²) in [7, 11) is 0. The molecule has 2 unspecified atom stereocenters. The molecule has 0 amide bonds. The maximum absolute atomic E-state index is 10.6. The summed E-state index contributed by atoms with van der Waals surface area (Å²) in [5.74, 6) is 0. The van der Waals surface area contributed by atoms with E-state index in [4.69, 9.17) is 11.5 Å². The van der Waals surface area contributed by atoms with Crippen LogP contribution < -0.4 is 16.8 Å². The van der Waals surface area contributed by atoms with Gasteiger partial charge in [0.25, 0.3) is 0 Å². The summed E-state index contributed by atoms with van der Waals surface area (Å²) < 4.78 is -0.623. The first-order chi connectivity index (χ1) is 8.87. The van der Waals surface area contributed by atoms with E-state index in [9.17, 15) is 5.11 Å². The molecule has 0 aromatic heterocycles. The monoisotopic (exact) mass is 373 g/mol. The van der Waals surface area contributed by atoms with E-state index in [1.165, 1.54) is 0 Å². The van der Waals surface area contributed by atoms with Crippen LogP contribution in [0.4, 0.5) is 0 Å². The maximum Gasteiger partial charge on any atom is 0.126 e. The van der Waals surface area contributed by atoms with Crippen molar-refractivity contribution in [2.24, 2.45) is 11.5 Å². The summed E-state index contributed by atoms with van der Waals surface area (Å²) in [6.07, 6.45) is 3.90. The molecule has 0 radical (unpaired) electrons. The molecule has 1 aliphatic heterocycles. The Morgan fingerprint density at radius 3 is 2.21 bits per heavy atom. The molecule has 2 aliphatic rings. The van der Waals surface area contributed by atoms with Gasteiger partial charge in [0.05, 0.1) is 5.60 Å². The number of nitrogens with one attached hydrogen (secondary N) is 1. The standard InChI is InChI=1S/C14H20IN3O/c15-14(17,13(16)9-18-13)11-5-3-10(4-6-11)12(19)7-1-2-8-12/h3-6,18-19H,1-2,7-9,16-17H2. The minimum atomic E-state index is -0.640. The van der Waals surface area contributed by atoms with Crippen LogP contribution in [-0.4, -0.2) is 17.3 Å². The fourth-order valence-electron chi connectivity index (χ4n) is 2.88. The molecule has 3 rings (SSSR count). The average Bonchev–Trinajstić information content (AvgIpc) is 3.00. The van der Waals surface area contributed by atoms with Gasteiger partial charge in [0, 0.05) is 6.54 Å². The van der Waals surface area contributed by atoms with Crippen molar-refractivity contribution >= 4 is 22.6 Å². The number of nitrogens with two attached hydrogens (primary N) is 2. The summed E-state index contributed by atoms with van der Waals surface area (Å²) in [5, 5.41) is 13.7. The first-order valence-electron chi connectivity index (χ1n) is 6.73. The number of hydrogen-bond acceptors (Lipinski definition) is 4. The molecule has 1 saturated heterocycles. The van der Waals surface area contributed by atoms with Crippen molar-refractivity contribution in [2.75, 3.05) is 6.54 Å². The highest BCUT2D eigenvalue weighted by Crippen LogP contribution is 2.42. The van der Waals surface area contributed by atoms with Crippen LogP contribution in [0.15, 0.2) is 24.3 Å². The number of rotatable bonds is 3. The molecule has 2 fully saturated rings. The van der Waals surface area contributed by atoms with E-state index in [0.717, 1.165) is 43.4 Å². The van der Waals surface area contributed by atoms with Crippen molar-refractivity contribution in [1.82, 2.24) is 5.32 Å². The molecule has 0 bridgehead atoms. The van der Waals surface area contributed by atoms with Crippen LogP contribution in [-0.2, 0) is 9.15 Å². The molecule has 1 saturated carbocycles. The lowest BCUT2D eigenvalue weighted by molar-refractivity contribution is 0.0444.